The maximum absolute atomic E-state index is 2.48. The zero-order valence-corrected chi connectivity index (χ0v) is 30.2. The van der Waals surface area contributed by atoms with Crippen molar-refractivity contribution in [3.63, 3.8) is 0 Å². The molecule has 0 aliphatic carbocycles. The largest absolute Gasteiger partial charge is 0.310 e. The number of fused-ring (bicyclic) bond motifs is 8. The first-order valence-electron chi connectivity index (χ1n) is 18.8. The van der Waals surface area contributed by atoms with E-state index >= 15 is 0 Å². The molecule has 8 aromatic carbocycles. The minimum atomic E-state index is -0.139. The highest BCUT2D eigenvalue weighted by molar-refractivity contribution is 6.10. The van der Waals surface area contributed by atoms with E-state index in [0.29, 0.717) is 0 Å². The van der Waals surface area contributed by atoms with Crippen LogP contribution in [-0.4, -0.2) is 9.13 Å². The second kappa shape index (κ2) is 11.6. The molecule has 11 rings (SSSR count). The zero-order valence-electron chi connectivity index (χ0n) is 30.2. The fourth-order valence-electron chi connectivity index (χ4n) is 9.17. The van der Waals surface area contributed by atoms with E-state index < -0.39 is 0 Å². The van der Waals surface area contributed by atoms with Gasteiger partial charge in [-0.25, -0.2) is 0 Å². The Labute approximate surface area is 314 Å². The Morgan fingerprint density at radius 2 is 0.722 bits per heavy atom. The third-order valence-electron chi connectivity index (χ3n) is 11.7. The van der Waals surface area contributed by atoms with Crippen molar-refractivity contribution in [3.8, 4) is 22.5 Å². The Morgan fingerprint density at radius 3 is 1.20 bits per heavy atom. The van der Waals surface area contributed by atoms with E-state index in [1.807, 2.05) is 0 Å². The van der Waals surface area contributed by atoms with Crippen LogP contribution in [0.4, 0.5) is 17.1 Å². The van der Waals surface area contributed by atoms with Gasteiger partial charge in [-0.2, -0.15) is 0 Å². The number of hydrogen-bond donors (Lipinski definition) is 0. The van der Waals surface area contributed by atoms with Crippen molar-refractivity contribution in [1.82, 2.24) is 9.13 Å². The molecule has 3 nitrogen and oxygen atoms in total. The second-order valence-corrected chi connectivity index (χ2v) is 15.0. The molecule has 3 heteroatoms. The third kappa shape index (κ3) is 4.42. The number of nitrogens with zero attached hydrogens (tertiary/aromatic N) is 3. The van der Waals surface area contributed by atoms with Crippen LogP contribution in [0.3, 0.4) is 0 Å². The molecule has 0 N–H and O–H groups in total. The van der Waals surface area contributed by atoms with Gasteiger partial charge in [0, 0.05) is 44.0 Å². The van der Waals surface area contributed by atoms with Crippen molar-refractivity contribution in [2.75, 3.05) is 4.90 Å². The summed E-state index contributed by atoms with van der Waals surface area (Å²) < 4.78 is 4.83. The molecular weight excluding hydrogens is 655 g/mol. The number of aromatic nitrogens is 2. The number of hydrogen-bond acceptors (Lipinski definition) is 1. The van der Waals surface area contributed by atoms with Crippen LogP contribution in [0.5, 0.6) is 0 Å². The molecule has 1 aliphatic heterocycles. The van der Waals surface area contributed by atoms with Crippen LogP contribution in [0, 0.1) is 0 Å². The summed E-state index contributed by atoms with van der Waals surface area (Å²) in [6, 6.07) is 69.0. The molecule has 10 aromatic rings. The van der Waals surface area contributed by atoms with Gasteiger partial charge in [0.05, 0.1) is 33.4 Å². The van der Waals surface area contributed by atoms with Crippen molar-refractivity contribution < 1.29 is 0 Å². The zero-order chi connectivity index (χ0) is 36.0. The molecule has 0 saturated carbocycles. The monoisotopic (exact) mass is 691 g/mol. The fraction of sp³-hybridized carbons (Fsp3) is 0.0588. The van der Waals surface area contributed by atoms with Crippen LogP contribution in [0.15, 0.2) is 188 Å². The van der Waals surface area contributed by atoms with Crippen LogP contribution in [0.25, 0.3) is 66.1 Å². The van der Waals surface area contributed by atoms with Crippen molar-refractivity contribution in [2.24, 2.45) is 0 Å². The van der Waals surface area contributed by atoms with Crippen LogP contribution in [-0.2, 0) is 5.41 Å². The minimum absolute atomic E-state index is 0.139. The van der Waals surface area contributed by atoms with Gasteiger partial charge in [0.15, 0.2) is 0 Å². The lowest BCUT2D eigenvalue weighted by molar-refractivity contribution is 0.632. The van der Waals surface area contributed by atoms with E-state index in [4.69, 9.17) is 0 Å². The summed E-state index contributed by atoms with van der Waals surface area (Å²) in [5, 5.41) is 5.05. The first-order valence-corrected chi connectivity index (χ1v) is 18.8. The molecular formula is C51H37N3. The quantitative estimate of drug-likeness (QED) is 0.179. The van der Waals surface area contributed by atoms with E-state index in [2.05, 4.69) is 216 Å². The second-order valence-electron chi connectivity index (χ2n) is 15.0. The molecule has 0 unspecified atom stereocenters. The number of anilines is 3. The predicted molar refractivity (Wildman–Crippen MR) is 227 cm³/mol. The Kier molecular flexibility index (Phi) is 6.60. The normalized spacial score (nSPS) is 13.5. The summed E-state index contributed by atoms with van der Waals surface area (Å²) >= 11 is 0. The molecule has 0 fully saturated rings. The molecule has 0 bridgehead atoms. The number of benzene rings is 8. The Hall–Kier alpha value is -6.84. The lowest BCUT2D eigenvalue weighted by Crippen LogP contribution is -2.30. The number of para-hydroxylation sites is 6. The Bertz CT molecular complexity index is 2930. The molecule has 0 amide bonds. The maximum atomic E-state index is 2.48. The average Bonchev–Trinajstić information content (AvgIpc) is 3.74. The van der Waals surface area contributed by atoms with Crippen molar-refractivity contribution in [3.05, 3.63) is 199 Å². The topological polar surface area (TPSA) is 13.1 Å². The minimum Gasteiger partial charge on any atom is -0.310 e. The van der Waals surface area contributed by atoms with Gasteiger partial charge >= 0.3 is 0 Å². The van der Waals surface area contributed by atoms with Crippen molar-refractivity contribution >= 4 is 60.7 Å². The van der Waals surface area contributed by atoms with E-state index in [9.17, 15) is 0 Å². The van der Waals surface area contributed by atoms with Gasteiger partial charge in [0.1, 0.15) is 0 Å². The molecule has 0 saturated heterocycles. The molecule has 1 aliphatic rings. The van der Waals surface area contributed by atoms with Gasteiger partial charge in [0.2, 0.25) is 0 Å². The van der Waals surface area contributed by atoms with Gasteiger partial charge in [-0.05, 0) is 89.0 Å². The Morgan fingerprint density at radius 1 is 0.333 bits per heavy atom. The molecule has 3 heterocycles. The molecule has 256 valence electrons. The highest BCUT2D eigenvalue weighted by atomic mass is 15.2. The van der Waals surface area contributed by atoms with E-state index in [1.165, 1.54) is 71.7 Å². The molecule has 0 spiro atoms. The number of rotatable bonds is 4. The van der Waals surface area contributed by atoms with E-state index in [0.717, 1.165) is 22.6 Å². The molecule has 0 radical (unpaired) electrons. The summed E-state index contributed by atoms with van der Waals surface area (Å²) in [5.74, 6) is 0. The van der Waals surface area contributed by atoms with Gasteiger partial charge in [-0.15, -0.1) is 0 Å². The fourth-order valence-corrected chi connectivity index (χ4v) is 9.17. The summed E-state index contributed by atoms with van der Waals surface area (Å²) in [6.45, 7) is 4.70. The van der Waals surface area contributed by atoms with Crippen LogP contribution in [0.1, 0.15) is 25.0 Å². The van der Waals surface area contributed by atoms with Gasteiger partial charge in [-0.3, -0.25) is 0 Å². The SMILES string of the molecule is CC1(C)c2ccccc2N(c2cc(-c3ccc(-n4c5ccccc5c5ccccc54)cc3)cc(-n3c4ccccc4c4ccccc43)c2)c2ccccc21. The summed E-state index contributed by atoms with van der Waals surface area (Å²) in [5.41, 5.74) is 15.5. The lowest BCUT2D eigenvalue weighted by atomic mass is 9.73. The van der Waals surface area contributed by atoms with Crippen LogP contribution >= 0.6 is 0 Å². The smallest absolute Gasteiger partial charge is 0.0541 e. The highest BCUT2D eigenvalue weighted by Gasteiger charge is 2.36. The first kappa shape index (κ1) is 30.8. The summed E-state index contributed by atoms with van der Waals surface area (Å²) in [6.07, 6.45) is 0. The molecule has 0 atom stereocenters. The highest BCUT2D eigenvalue weighted by Crippen LogP contribution is 2.52. The predicted octanol–water partition coefficient (Wildman–Crippen LogP) is 13.7. The van der Waals surface area contributed by atoms with Crippen LogP contribution < -0.4 is 4.90 Å². The van der Waals surface area contributed by atoms with Gasteiger partial charge in [-0.1, -0.05) is 135 Å². The van der Waals surface area contributed by atoms with E-state index in [-0.39, 0.29) is 5.41 Å². The van der Waals surface area contributed by atoms with Crippen molar-refractivity contribution in [2.45, 2.75) is 19.3 Å². The lowest BCUT2D eigenvalue weighted by Gasteiger charge is -2.42. The van der Waals surface area contributed by atoms with Gasteiger partial charge < -0.3 is 14.0 Å². The van der Waals surface area contributed by atoms with Gasteiger partial charge in [0.25, 0.3) is 0 Å². The van der Waals surface area contributed by atoms with Crippen molar-refractivity contribution in [1.29, 1.82) is 0 Å². The first-order chi connectivity index (χ1) is 26.6. The third-order valence-corrected chi connectivity index (χ3v) is 11.7. The van der Waals surface area contributed by atoms with Crippen LogP contribution in [0.2, 0.25) is 0 Å². The summed E-state index contributed by atoms with van der Waals surface area (Å²) in [4.78, 5) is 2.48. The molecule has 2 aromatic heterocycles. The summed E-state index contributed by atoms with van der Waals surface area (Å²) in [7, 11) is 0. The van der Waals surface area contributed by atoms with E-state index in [1.54, 1.807) is 0 Å². The standard InChI is InChI=1S/C51H37N3/c1-51(2)43-19-7-13-25-49(43)54(50-26-14-8-20-44(50)51)38-32-35(31-37(33-38)53-47-23-11-5-17-41(47)42-18-6-12-24-48(42)53)34-27-29-36(30-28-34)52-45-21-9-3-15-39(45)40-16-4-10-22-46(40)52/h3-33H,1-2H3. The average molecular weight is 692 g/mol. The molecule has 54 heavy (non-hydrogen) atoms. The maximum Gasteiger partial charge on any atom is 0.0541 e. The Balaban J connectivity index is 1.16.